The fourth-order valence-corrected chi connectivity index (χ4v) is 3.99. The molecule has 7 heteroatoms. The summed E-state index contributed by atoms with van der Waals surface area (Å²) in [6, 6.07) is 4.08. The zero-order valence-electron chi connectivity index (χ0n) is 16.9. The van der Waals surface area contributed by atoms with Gasteiger partial charge in [-0.05, 0) is 52.3 Å². The van der Waals surface area contributed by atoms with Crippen molar-refractivity contribution in [2.24, 2.45) is 0 Å². The number of amides is 2. The molecular weight excluding hydrogens is 360 g/mol. The van der Waals surface area contributed by atoms with E-state index in [1.54, 1.807) is 11.9 Å². The predicted molar refractivity (Wildman–Crippen MR) is 112 cm³/mol. The molecule has 0 atom stereocenters. The normalized spacial score (nSPS) is 10.9. The summed E-state index contributed by atoms with van der Waals surface area (Å²) in [5.41, 5.74) is 5.08. The third kappa shape index (κ3) is 5.87. The molecule has 0 aliphatic carbocycles. The highest BCUT2D eigenvalue weighted by molar-refractivity contribution is 7.15. The second-order valence-corrected chi connectivity index (χ2v) is 8.12. The van der Waals surface area contributed by atoms with Crippen molar-refractivity contribution in [3.8, 4) is 0 Å². The first-order valence-electron chi connectivity index (χ1n) is 9.02. The van der Waals surface area contributed by atoms with Gasteiger partial charge in [-0.2, -0.15) is 0 Å². The molecule has 0 spiro atoms. The number of carbonyl (C=O) groups is 2. The second-order valence-electron chi connectivity index (χ2n) is 6.92. The lowest BCUT2D eigenvalue weighted by atomic mass is 10.1. The largest absolute Gasteiger partial charge is 0.324 e. The van der Waals surface area contributed by atoms with Crippen LogP contribution in [0.15, 0.2) is 12.1 Å². The molecular formula is C20H28N4O2S. The molecule has 6 nitrogen and oxygen atoms in total. The molecule has 2 aromatic rings. The molecule has 2 amide bonds. The van der Waals surface area contributed by atoms with E-state index < -0.39 is 0 Å². The summed E-state index contributed by atoms with van der Waals surface area (Å²) in [5.74, 6) is -0.317. The average molecular weight is 389 g/mol. The number of rotatable bonds is 7. The average Bonchev–Trinajstić information content (AvgIpc) is 2.89. The van der Waals surface area contributed by atoms with E-state index in [9.17, 15) is 9.59 Å². The SMILES string of the molecule is CCc1nc(NC(=O)CN(C)CC(=O)Nc2c(C)cc(C)cc2C)sc1C. The van der Waals surface area contributed by atoms with E-state index in [0.717, 1.165) is 33.8 Å². The minimum Gasteiger partial charge on any atom is -0.324 e. The summed E-state index contributed by atoms with van der Waals surface area (Å²) in [5, 5.41) is 6.38. The number of aryl methyl sites for hydroxylation is 5. The van der Waals surface area contributed by atoms with Gasteiger partial charge in [-0.3, -0.25) is 14.5 Å². The maximum atomic E-state index is 12.3. The number of aromatic nitrogens is 1. The fourth-order valence-electron chi connectivity index (χ4n) is 3.07. The van der Waals surface area contributed by atoms with E-state index in [1.807, 2.05) is 46.8 Å². The molecule has 27 heavy (non-hydrogen) atoms. The van der Waals surface area contributed by atoms with Crippen LogP contribution in [0.5, 0.6) is 0 Å². The second kappa shape index (κ2) is 9.10. The Morgan fingerprint density at radius 1 is 1.04 bits per heavy atom. The highest BCUT2D eigenvalue weighted by Crippen LogP contribution is 2.23. The van der Waals surface area contributed by atoms with Crippen molar-refractivity contribution >= 4 is 34.0 Å². The van der Waals surface area contributed by atoms with E-state index >= 15 is 0 Å². The molecule has 1 heterocycles. The van der Waals surface area contributed by atoms with Crippen LogP contribution in [0.2, 0.25) is 0 Å². The van der Waals surface area contributed by atoms with Gasteiger partial charge < -0.3 is 10.6 Å². The van der Waals surface area contributed by atoms with Crippen LogP contribution in [0.25, 0.3) is 0 Å². The van der Waals surface area contributed by atoms with Gasteiger partial charge in [0.25, 0.3) is 0 Å². The number of likely N-dealkylation sites (N-methyl/N-ethyl adjacent to an activating group) is 1. The standard InChI is InChI=1S/C20H28N4O2S/c1-7-16-15(5)27-20(21-16)23-18(26)11-24(6)10-17(25)22-19-13(3)8-12(2)9-14(19)4/h8-9H,7,10-11H2,1-6H3,(H,22,25)(H,21,23,26). The van der Waals surface area contributed by atoms with Crippen LogP contribution in [-0.4, -0.2) is 41.8 Å². The third-order valence-electron chi connectivity index (χ3n) is 4.24. The van der Waals surface area contributed by atoms with Crippen LogP contribution in [-0.2, 0) is 16.0 Å². The molecule has 2 rings (SSSR count). The number of carbonyl (C=O) groups excluding carboxylic acids is 2. The van der Waals surface area contributed by atoms with Crippen LogP contribution in [0.3, 0.4) is 0 Å². The summed E-state index contributed by atoms with van der Waals surface area (Å²) in [7, 11) is 1.75. The molecule has 0 aliphatic rings. The van der Waals surface area contributed by atoms with Gasteiger partial charge in [-0.1, -0.05) is 24.6 Å². The summed E-state index contributed by atoms with van der Waals surface area (Å²) in [4.78, 5) is 31.8. The van der Waals surface area contributed by atoms with Crippen molar-refractivity contribution in [3.05, 3.63) is 39.4 Å². The summed E-state index contributed by atoms with van der Waals surface area (Å²) < 4.78 is 0. The van der Waals surface area contributed by atoms with E-state index in [0.29, 0.717) is 5.13 Å². The molecule has 0 saturated heterocycles. The maximum absolute atomic E-state index is 12.3. The predicted octanol–water partition coefficient (Wildman–Crippen LogP) is 3.45. The molecule has 0 radical (unpaired) electrons. The van der Waals surface area contributed by atoms with Gasteiger partial charge in [0.05, 0.1) is 18.8 Å². The minimum absolute atomic E-state index is 0.124. The van der Waals surface area contributed by atoms with E-state index in [1.165, 1.54) is 16.9 Å². The molecule has 0 saturated carbocycles. The maximum Gasteiger partial charge on any atom is 0.240 e. The van der Waals surface area contributed by atoms with Crippen LogP contribution in [0.1, 0.15) is 34.2 Å². The van der Waals surface area contributed by atoms with Gasteiger partial charge >= 0.3 is 0 Å². The van der Waals surface area contributed by atoms with Crippen molar-refractivity contribution in [1.82, 2.24) is 9.88 Å². The van der Waals surface area contributed by atoms with E-state index in [2.05, 4.69) is 15.6 Å². The molecule has 146 valence electrons. The van der Waals surface area contributed by atoms with Crippen molar-refractivity contribution in [1.29, 1.82) is 0 Å². The van der Waals surface area contributed by atoms with Crippen LogP contribution < -0.4 is 10.6 Å². The lowest BCUT2D eigenvalue weighted by Crippen LogP contribution is -2.36. The number of benzene rings is 1. The van der Waals surface area contributed by atoms with Crippen LogP contribution in [0.4, 0.5) is 10.8 Å². The number of hydrogen-bond donors (Lipinski definition) is 2. The Kier molecular flexibility index (Phi) is 7.10. The molecule has 0 aliphatic heterocycles. The molecule has 0 bridgehead atoms. The monoisotopic (exact) mass is 388 g/mol. The lowest BCUT2D eigenvalue weighted by molar-refractivity contribution is -0.119. The lowest BCUT2D eigenvalue weighted by Gasteiger charge is -2.17. The molecule has 2 N–H and O–H groups in total. The van der Waals surface area contributed by atoms with Gasteiger partial charge in [0.1, 0.15) is 0 Å². The highest BCUT2D eigenvalue weighted by Gasteiger charge is 2.15. The van der Waals surface area contributed by atoms with Crippen molar-refractivity contribution in [3.63, 3.8) is 0 Å². The fraction of sp³-hybridized carbons (Fsp3) is 0.450. The first-order chi connectivity index (χ1) is 12.7. The molecule has 0 unspecified atom stereocenters. The Morgan fingerprint density at radius 2 is 1.59 bits per heavy atom. The number of thiazole rings is 1. The zero-order valence-corrected chi connectivity index (χ0v) is 17.7. The van der Waals surface area contributed by atoms with Crippen molar-refractivity contribution in [2.75, 3.05) is 30.8 Å². The van der Waals surface area contributed by atoms with Gasteiger partial charge in [0.15, 0.2) is 5.13 Å². The Labute approximate surface area is 165 Å². The summed E-state index contributed by atoms with van der Waals surface area (Å²) >= 11 is 1.47. The highest BCUT2D eigenvalue weighted by atomic mass is 32.1. The quantitative estimate of drug-likeness (QED) is 0.762. The smallest absolute Gasteiger partial charge is 0.240 e. The Hall–Kier alpha value is -2.25. The van der Waals surface area contributed by atoms with Crippen LogP contribution >= 0.6 is 11.3 Å². The number of nitrogens with one attached hydrogen (secondary N) is 2. The Bertz CT molecular complexity index is 821. The summed E-state index contributed by atoms with van der Waals surface area (Å²) in [6.07, 6.45) is 0.843. The van der Waals surface area contributed by atoms with Crippen molar-refractivity contribution in [2.45, 2.75) is 41.0 Å². The van der Waals surface area contributed by atoms with E-state index in [-0.39, 0.29) is 24.9 Å². The van der Waals surface area contributed by atoms with Gasteiger partial charge in [0, 0.05) is 10.6 Å². The first kappa shape index (κ1) is 21.1. The number of hydrogen-bond acceptors (Lipinski definition) is 5. The topological polar surface area (TPSA) is 74.3 Å². The Balaban J connectivity index is 1.88. The number of nitrogens with zero attached hydrogens (tertiary/aromatic N) is 2. The number of anilines is 2. The zero-order chi connectivity index (χ0) is 20.1. The third-order valence-corrected chi connectivity index (χ3v) is 5.17. The molecule has 0 fully saturated rings. The van der Waals surface area contributed by atoms with Crippen molar-refractivity contribution < 1.29 is 9.59 Å². The molecule has 1 aromatic heterocycles. The van der Waals surface area contributed by atoms with Gasteiger partial charge in [0.2, 0.25) is 11.8 Å². The minimum atomic E-state index is -0.176. The van der Waals surface area contributed by atoms with Crippen LogP contribution in [0, 0.1) is 27.7 Å². The Morgan fingerprint density at radius 3 is 2.11 bits per heavy atom. The van der Waals surface area contributed by atoms with E-state index in [4.69, 9.17) is 0 Å². The molecule has 1 aromatic carbocycles. The summed E-state index contributed by atoms with van der Waals surface area (Å²) in [6.45, 7) is 10.3. The van der Waals surface area contributed by atoms with Gasteiger partial charge in [-0.15, -0.1) is 11.3 Å². The first-order valence-corrected chi connectivity index (χ1v) is 9.83. The van der Waals surface area contributed by atoms with Gasteiger partial charge in [-0.25, -0.2) is 4.98 Å².